The van der Waals surface area contributed by atoms with E-state index in [9.17, 15) is 4.79 Å². The minimum absolute atomic E-state index is 0.0347. The predicted molar refractivity (Wildman–Crippen MR) is 65.5 cm³/mol. The maximum atomic E-state index is 12.1. The summed E-state index contributed by atoms with van der Waals surface area (Å²) in [5.74, 6) is 0.370. The Morgan fingerprint density at radius 1 is 1.44 bits per heavy atom. The fourth-order valence-corrected chi connectivity index (χ4v) is 2.74. The standard InChI is InChI=1S/C11H16BrN3O/c1-7(2)9-8(12)10(14-13-9)11(16)15-5-3-4-6-15/h7H,3-6H2,1-2H3,(H,13,14). The number of likely N-dealkylation sites (tertiary alicyclic amines) is 1. The number of halogens is 1. The molecule has 1 aliphatic rings. The van der Waals surface area contributed by atoms with Gasteiger partial charge in [-0.3, -0.25) is 9.89 Å². The lowest BCUT2D eigenvalue weighted by Crippen LogP contribution is -2.28. The highest BCUT2D eigenvalue weighted by Crippen LogP contribution is 2.27. The molecule has 5 heteroatoms. The van der Waals surface area contributed by atoms with E-state index in [4.69, 9.17) is 0 Å². The molecule has 1 amide bonds. The molecular weight excluding hydrogens is 270 g/mol. The molecule has 4 nitrogen and oxygen atoms in total. The molecule has 16 heavy (non-hydrogen) atoms. The van der Waals surface area contributed by atoms with Gasteiger partial charge in [0, 0.05) is 13.1 Å². The SMILES string of the molecule is CC(C)c1[nH]nc(C(=O)N2CCCC2)c1Br. The number of carbonyl (C=O) groups excluding carboxylic acids is 1. The van der Waals surface area contributed by atoms with E-state index in [1.807, 2.05) is 4.90 Å². The van der Waals surface area contributed by atoms with E-state index >= 15 is 0 Å². The largest absolute Gasteiger partial charge is 0.337 e. The molecule has 0 saturated carbocycles. The van der Waals surface area contributed by atoms with Gasteiger partial charge in [0.2, 0.25) is 0 Å². The van der Waals surface area contributed by atoms with Crippen molar-refractivity contribution in [2.75, 3.05) is 13.1 Å². The molecule has 1 aromatic rings. The maximum Gasteiger partial charge on any atom is 0.275 e. The molecule has 1 saturated heterocycles. The van der Waals surface area contributed by atoms with Gasteiger partial charge >= 0.3 is 0 Å². The molecule has 1 aliphatic heterocycles. The Labute approximate surface area is 104 Å². The van der Waals surface area contributed by atoms with Gasteiger partial charge in [-0.2, -0.15) is 5.10 Å². The van der Waals surface area contributed by atoms with Crippen molar-refractivity contribution in [2.45, 2.75) is 32.6 Å². The number of aromatic amines is 1. The molecular formula is C11H16BrN3O. The van der Waals surface area contributed by atoms with Gasteiger partial charge in [0.05, 0.1) is 10.2 Å². The second-order valence-electron chi connectivity index (χ2n) is 4.45. The van der Waals surface area contributed by atoms with Crippen molar-refractivity contribution in [3.8, 4) is 0 Å². The Hall–Kier alpha value is -0.840. The third-order valence-electron chi connectivity index (χ3n) is 2.91. The number of carbonyl (C=O) groups is 1. The smallest absolute Gasteiger partial charge is 0.275 e. The molecule has 2 rings (SSSR count). The lowest BCUT2D eigenvalue weighted by Gasteiger charge is -2.13. The average Bonchev–Trinajstić information content (AvgIpc) is 2.84. The minimum Gasteiger partial charge on any atom is -0.337 e. The van der Waals surface area contributed by atoms with Crippen LogP contribution in [0.2, 0.25) is 0 Å². The van der Waals surface area contributed by atoms with Gasteiger partial charge in [0.15, 0.2) is 5.69 Å². The molecule has 0 atom stereocenters. The monoisotopic (exact) mass is 285 g/mol. The number of rotatable bonds is 2. The zero-order valence-corrected chi connectivity index (χ0v) is 11.2. The van der Waals surface area contributed by atoms with Crippen LogP contribution in [0.15, 0.2) is 4.47 Å². The van der Waals surface area contributed by atoms with Crippen molar-refractivity contribution in [3.63, 3.8) is 0 Å². The van der Waals surface area contributed by atoms with Crippen molar-refractivity contribution in [1.82, 2.24) is 15.1 Å². The van der Waals surface area contributed by atoms with E-state index in [1.165, 1.54) is 0 Å². The topological polar surface area (TPSA) is 49.0 Å². The third-order valence-corrected chi connectivity index (χ3v) is 3.71. The van der Waals surface area contributed by atoms with E-state index in [2.05, 4.69) is 40.0 Å². The maximum absolute atomic E-state index is 12.1. The number of H-pyrrole nitrogens is 1. The number of nitrogens with zero attached hydrogens (tertiary/aromatic N) is 2. The molecule has 0 aromatic carbocycles. The van der Waals surface area contributed by atoms with Crippen molar-refractivity contribution in [2.24, 2.45) is 0 Å². The summed E-state index contributed by atoms with van der Waals surface area (Å²) < 4.78 is 0.819. The third kappa shape index (κ3) is 2.00. The van der Waals surface area contributed by atoms with Gasteiger partial charge in [-0.05, 0) is 34.7 Å². The van der Waals surface area contributed by atoms with Crippen molar-refractivity contribution in [3.05, 3.63) is 15.9 Å². The second-order valence-corrected chi connectivity index (χ2v) is 5.25. The van der Waals surface area contributed by atoms with Crippen LogP contribution in [-0.2, 0) is 0 Å². The highest BCUT2D eigenvalue weighted by molar-refractivity contribution is 9.10. The van der Waals surface area contributed by atoms with E-state index in [-0.39, 0.29) is 5.91 Å². The zero-order valence-electron chi connectivity index (χ0n) is 9.59. The Bertz CT molecular complexity index is 394. The van der Waals surface area contributed by atoms with E-state index in [0.29, 0.717) is 11.6 Å². The lowest BCUT2D eigenvalue weighted by atomic mass is 10.1. The minimum atomic E-state index is 0.0347. The number of nitrogens with one attached hydrogen (secondary N) is 1. The summed E-state index contributed by atoms with van der Waals surface area (Å²) in [4.78, 5) is 14.0. The van der Waals surface area contributed by atoms with Crippen molar-refractivity contribution in [1.29, 1.82) is 0 Å². The molecule has 2 heterocycles. The first kappa shape index (κ1) is 11.6. The van der Waals surface area contributed by atoms with Gasteiger partial charge < -0.3 is 4.90 Å². The highest BCUT2D eigenvalue weighted by Gasteiger charge is 2.25. The predicted octanol–water partition coefficient (Wildman–Crippen LogP) is 2.53. The van der Waals surface area contributed by atoms with Crippen molar-refractivity contribution < 1.29 is 4.79 Å². The van der Waals surface area contributed by atoms with E-state index < -0.39 is 0 Å². The quantitative estimate of drug-likeness (QED) is 0.908. The first-order valence-electron chi connectivity index (χ1n) is 5.64. The second kappa shape index (κ2) is 4.57. The lowest BCUT2D eigenvalue weighted by molar-refractivity contribution is 0.0786. The summed E-state index contributed by atoms with van der Waals surface area (Å²) in [5, 5.41) is 7.05. The van der Waals surface area contributed by atoms with Gasteiger partial charge in [-0.15, -0.1) is 0 Å². The number of hydrogen-bond acceptors (Lipinski definition) is 2. The van der Waals surface area contributed by atoms with Crippen LogP contribution in [0.5, 0.6) is 0 Å². The fourth-order valence-electron chi connectivity index (χ4n) is 1.94. The van der Waals surface area contributed by atoms with Gasteiger partial charge in [0.1, 0.15) is 0 Å². The molecule has 0 aliphatic carbocycles. The summed E-state index contributed by atoms with van der Waals surface area (Å²) in [6.07, 6.45) is 2.20. The molecule has 0 spiro atoms. The zero-order chi connectivity index (χ0) is 11.7. The van der Waals surface area contributed by atoms with E-state index in [0.717, 1.165) is 36.1 Å². The number of hydrogen-bond donors (Lipinski definition) is 1. The van der Waals surface area contributed by atoms with Crippen LogP contribution in [0.1, 0.15) is 48.8 Å². The molecule has 0 radical (unpaired) electrons. The summed E-state index contributed by atoms with van der Waals surface area (Å²) in [6, 6.07) is 0. The van der Waals surface area contributed by atoms with Crippen LogP contribution in [0.25, 0.3) is 0 Å². The van der Waals surface area contributed by atoms with Crippen molar-refractivity contribution >= 4 is 21.8 Å². The molecule has 1 N–H and O–H groups in total. The average molecular weight is 286 g/mol. The number of amides is 1. The van der Waals surface area contributed by atoms with Gasteiger partial charge in [-0.1, -0.05) is 13.8 Å². The molecule has 1 fully saturated rings. The Morgan fingerprint density at radius 2 is 2.06 bits per heavy atom. The Kier molecular flexibility index (Phi) is 3.33. The van der Waals surface area contributed by atoms with Gasteiger partial charge in [0.25, 0.3) is 5.91 Å². The molecule has 0 bridgehead atoms. The first-order valence-corrected chi connectivity index (χ1v) is 6.43. The molecule has 1 aromatic heterocycles. The van der Waals surface area contributed by atoms with Crippen LogP contribution in [0.4, 0.5) is 0 Å². The molecule has 88 valence electrons. The van der Waals surface area contributed by atoms with Crippen LogP contribution in [-0.4, -0.2) is 34.1 Å². The van der Waals surface area contributed by atoms with E-state index in [1.54, 1.807) is 0 Å². The van der Waals surface area contributed by atoms with Gasteiger partial charge in [-0.25, -0.2) is 0 Å². The first-order chi connectivity index (χ1) is 7.61. The van der Waals surface area contributed by atoms with Crippen LogP contribution in [0.3, 0.4) is 0 Å². The Morgan fingerprint density at radius 3 is 2.56 bits per heavy atom. The number of aromatic nitrogens is 2. The normalized spacial score (nSPS) is 16.1. The summed E-state index contributed by atoms with van der Waals surface area (Å²) in [5.41, 5.74) is 1.51. The van der Waals surface area contributed by atoms with Crippen LogP contribution < -0.4 is 0 Å². The summed E-state index contributed by atoms with van der Waals surface area (Å²) in [6.45, 7) is 5.86. The Balaban J connectivity index is 2.23. The summed E-state index contributed by atoms with van der Waals surface area (Å²) in [7, 11) is 0. The fraction of sp³-hybridized carbons (Fsp3) is 0.636. The van der Waals surface area contributed by atoms with Crippen LogP contribution >= 0.6 is 15.9 Å². The highest BCUT2D eigenvalue weighted by atomic mass is 79.9. The summed E-state index contributed by atoms with van der Waals surface area (Å²) >= 11 is 3.46. The molecule has 0 unspecified atom stereocenters. The van der Waals surface area contributed by atoms with Crippen LogP contribution in [0, 0.1) is 0 Å².